The monoisotopic (exact) mass is 337 g/mol. The molecule has 0 spiro atoms. The molecule has 25 heavy (non-hydrogen) atoms. The van der Waals surface area contributed by atoms with Crippen LogP contribution in [0.1, 0.15) is 68.9 Å². The number of hydrogen-bond acceptors (Lipinski definition) is 3. The van der Waals surface area contributed by atoms with Gasteiger partial charge in [-0.15, -0.1) is 0 Å². The molecule has 0 aliphatic heterocycles. The molecule has 132 valence electrons. The zero-order chi connectivity index (χ0) is 17.4. The summed E-state index contributed by atoms with van der Waals surface area (Å²) in [5.74, 6) is 3.35. The maximum atomic E-state index is 12.4. The largest absolute Gasteiger partial charge is 0.494 e. The number of ether oxygens (including phenoxy) is 1. The van der Waals surface area contributed by atoms with Crippen LogP contribution in [-0.4, -0.2) is 12.4 Å². The van der Waals surface area contributed by atoms with Crippen molar-refractivity contribution < 1.29 is 9.53 Å². The number of carbonyl (C=O) groups excluding carboxylic acids is 1. The van der Waals surface area contributed by atoms with Gasteiger partial charge in [-0.05, 0) is 79.5 Å². The zero-order valence-corrected chi connectivity index (χ0v) is 15.1. The zero-order valence-electron chi connectivity index (χ0n) is 15.1. The van der Waals surface area contributed by atoms with Crippen LogP contribution in [0.3, 0.4) is 0 Å². The van der Waals surface area contributed by atoms with Crippen LogP contribution in [0.4, 0.5) is 0 Å². The van der Waals surface area contributed by atoms with Crippen LogP contribution in [0.2, 0.25) is 0 Å². The van der Waals surface area contributed by atoms with Gasteiger partial charge in [-0.2, -0.15) is 5.26 Å². The number of rotatable bonds is 4. The van der Waals surface area contributed by atoms with Crippen molar-refractivity contribution in [3.8, 4) is 11.8 Å². The average Bonchev–Trinajstić information content (AvgIpc) is 2.93. The first-order valence-corrected chi connectivity index (χ1v) is 9.79. The van der Waals surface area contributed by atoms with Gasteiger partial charge in [0.15, 0.2) is 0 Å². The third-order valence-corrected chi connectivity index (χ3v) is 7.11. The second kappa shape index (κ2) is 6.48. The van der Waals surface area contributed by atoms with E-state index in [-0.39, 0.29) is 5.41 Å². The van der Waals surface area contributed by atoms with Crippen molar-refractivity contribution >= 4 is 5.78 Å². The number of benzene rings is 1. The Labute approximate surface area is 150 Å². The standard InChI is InChI=1S/C22H27NO2/c1-22-11-10-18-17-7-5-16(25-13-3-2-12-23)14-15(17)4-6-19(18)20(22)8-9-21(22)24/h5,7,14,18-20H,2-4,6,8-11,13H2,1H3/t18-,19+,20-,22+/m1/s1. The summed E-state index contributed by atoms with van der Waals surface area (Å²) in [4.78, 5) is 12.4. The van der Waals surface area contributed by atoms with Gasteiger partial charge in [0, 0.05) is 18.3 Å². The average molecular weight is 337 g/mol. The Kier molecular flexibility index (Phi) is 4.31. The summed E-state index contributed by atoms with van der Waals surface area (Å²) in [6, 6.07) is 8.74. The highest BCUT2D eigenvalue weighted by Crippen LogP contribution is 2.59. The number of nitriles is 1. The molecule has 2 saturated carbocycles. The molecule has 3 heteroatoms. The number of hydrogen-bond donors (Lipinski definition) is 0. The molecule has 4 rings (SSSR count). The Morgan fingerprint density at radius 2 is 2.16 bits per heavy atom. The topological polar surface area (TPSA) is 50.1 Å². The lowest BCUT2D eigenvalue weighted by Gasteiger charge is -2.48. The fourth-order valence-corrected chi connectivity index (χ4v) is 5.76. The van der Waals surface area contributed by atoms with Crippen molar-refractivity contribution in [2.75, 3.05) is 6.61 Å². The summed E-state index contributed by atoms with van der Waals surface area (Å²) >= 11 is 0. The van der Waals surface area contributed by atoms with Crippen molar-refractivity contribution in [1.82, 2.24) is 0 Å². The first kappa shape index (κ1) is 16.6. The van der Waals surface area contributed by atoms with Gasteiger partial charge in [0.25, 0.3) is 0 Å². The Morgan fingerprint density at radius 1 is 1.28 bits per heavy atom. The van der Waals surface area contributed by atoms with Gasteiger partial charge in [0.05, 0.1) is 12.7 Å². The molecule has 0 unspecified atom stereocenters. The Hall–Kier alpha value is -1.82. The van der Waals surface area contributed by atoms with E-state index < -0.39 is 0 Å². The van der Waals surface area contributed by atoms with Crippen LogP contribution in [0.25, 0.3) is 0 Å². The van der Waals surface area contributed by atoms with E-state index in [4.69, 9.17) is 10.00 Å². The van der Waals surface area contributed by atoms with Gasteiger partial charge in [-0.25, -0.2) is 0 Å². The summed E-state index contributed by atoms with van der Waals surface area (Å²) in [7, 11) is 0. The highest BCUT2D eigenvalue weighted by Gasteiger charge is 2.54. The maximum absolute atomic E-state index is 12.4. The summed E-state index contributed by atoms with van der Waals surface area (Å²) in [5.41, 5.74) is 2.90. The van der Waals surface area contributed by atoms with Crippen molar-refractivity contribution in [2.45, 2.75) is 64.2 Å². The molecular weight excluding hydrogens is 310 g/mol. The lowest BCUT2D eigenvalue weighted by molar-refractivity contribution is -0.129. The number of Topliss-reactive ketones (excluding diaryl/α,β-unsaturated/α-hetero) is 1. The molecule has 4 atom stereocenters. The molecular formula is C22H27NO2. The molecule has 1 aromatic carbocycles. The first-order chi connectivity index (χ1) is 12.1. The van der Waals surface area contributed by atoms with E-state index in [0.29, 0.717) is 36.6 Å². The first-order valence-electron chi connectivity index (χ1n) is 9.79. The third kappa shape index (κ3) is 2.76. The van der Waals surface area contributed by atoms with E-state index in [1.54, 1.807) is 0 Å². The summed E-state index contributed by atoms with van der Waals surface area (Å²) in [5, 5.41) is 8.60. The van der Waals surface area contributed by atoms with Crippen molar-refractivity contribution in [3.05, 3.63) is 29.3 Å². The van der Waals surface area contributed by atoms with Gasteiger partial charge >= 0.3 is 0 Å². The van der Waals surface area contributed by atoms with Crippen LogP contribution in [0, 0.1) is 28.6 Å². The summed E-state index contributed by atoms with van der Waals surface area (Å²) < 4.78 is 5.81. The summed E-state index contributed by atoms with van der Waals surface area (Å²) in [6.07, 6.45) is 7.76. The minimum absolute atomic E-state index is 0.0392. The highest BCUT2D eigenvalue weighted by molar-refractivity contribution is 5.87. The molecule has 3 aliphatic rings. The molecule has 2 fully saturated rings. The lowest BCUT2D eigenvalue weighted by Crippen LogP contribution is -2.42. The van der Waals surface area contributed by atoms with E-state index in [1.807, 2.05) is 0 Å². The smallest absolute Gasteiger partial charge is 0.139 e. The Balaban J connectivity index is 1.51. The second-order valence-corrected chi connectivity index (χ2v) is 8.30. The molecule has 0 N–H and O–H groups in total. The predicted molar refractivity (Wildman–Crippen MR) is 96.4 cm³/mol. The second-order valence-electron chi connectivity index (χ2n) is 8.30. The van der Waals surface area contributed by atoms with E-state index in [9.17, 15) is 4.79 Å². The number of aryl methyl sites for hydroxylation is 1. The molecule has 0 radical (unpaired) electrons. The molecule has 1 aromatic rings. The predicted octanol–water partition coefficient (Wildman–Crippen LogP) is 4.79. The fourth-order valence-electron chi connectivity index (χ4n) is 5.76. The van der Waals surface area contributed by atoms with E-state index in [1.165, 1.54) is 17.5 Å². The van der Waals surface area contributed by atoms with Crippen LogP contribution in [-0.2, 0) is 11.2 Å². The molecule has 0 saturated heterocycles. The van der Waals surface area contributed by atoms with Crippen molar-refractivity contribution in [2.24, 2.45) is 17.3 Å². The maximum Gasteiger partial charge on any atom is 0.139 e. The number of fused-ring (bicyclic) bond motifs is 5. The van der Waals surface area contributed by atoms with Gasteiger partial charge in [0.1, 0.15) is 11.5 Å². The number of nitrogens with zero attached hydrogens (tertiary/aromatic N) is 1. The van der Waals surface area contributed by atoms with Crippen LogP contribution in [0.15, 0.2) is 18.2 Å². The van der Waals surface area contributed by atoms with Crippen molar-refractivity contribution in [1.29, 1.82) is 5.26 Å². The molecule has 0 aromatic heterocycles. The van der Waals surface area contributed by atoms with Gasteiger partial charge in [-0.1, -0.05) is 13.0 Å². The minimum atomic E-state index is -0.0392. The van der Waals surface area contributed by atoms with E-state index in [0.717, 1.165) is 44.3 Å². The molecule has 0 bridgehead atoms. The van der Waals surface area contributed by atoms with E-state index in [2.05, 4.69) is 31.2 Å². The molecule has 3 aliphatic carbocycles. The van der Waals surface area contributed by atoms with Crippen LogP contribution in [0.5, 0.6) is 5.75 Å². The highest BCUT2D eigenvalue weighted by atomic mass is 16.5. The van der Waals surface area contributed by atoms with Crippen LogP contribution < -0.4 is 4.74 Å². The molecule has 3 nitrogen and oxygen atoms in total. The van der Waals surface area contributed by atoms with Gasteiger partial charge < -0.3 is 4.74 Å². The summed E-state index contributed by atoms with van der Waals surface area (Å²) in [6.45, 7) is 2.85. The quantitative estimate of drug-likeness (QED) is 0.742. The Morgan fingerprint density at radius 3 is 3.00 bits per heavy atom. The fraction of sp³-hybridized carbons (Fsp3) is 0.636. The number of unbranched alkanes of at least 4 members (excludes halogenated alkanes) is 1. The molecule has 0 heterocycles. The minimum Gasteiger partial charge on any atom is -0.494 e. The molecule has 0 amide bonds. The van der Waals surface area contributed by atoms with Crippen molar-refractivity contribution in [3.63, 3.8) is 0 Å². The third-order valence-electron chi connectivity index (χ3n) is 7.11. The van der Waals surface area contributed by atoms with Crippen LogP contribution >= 0.6 is 0 Å². The van der Waals surface area contributed by atoms with Gasteiger partial charge in [-0.3, -0.25) is 4.79 Å². The number of carbonyl (C=O) groups is 1. The Bertz CT molecular complexity index is 719. The van der Waals surface area contributed by atoms with Gasteiger partial charge in [0.2, 0.25) is 0 Å². The number of ketones is 1. The SMILES string of the molecule is C[C@]12CC[C@@H]3c4ccc(OCCCC#N)cc4CC[C@@H]3[C@H]1CCC2=O. The van der Waals surface area contributed by atoms with E-state index >= 15 is 0 Å². The lowest BCUT2D eigenvalue weighted by atomic mass is 9.55. The normalized spacial score (nSPS) is 33.1.